The number of hydrogen-bond donors (Lipinski definition) is 0. The van der Waals surface area contributed by atoms with Crippen molar-refractivity contribution in [1.82, 2.24) is 0 Å². The van der Waals surface area contributed by atoms with E-state index in [9.17, 15) is 0 Å². The third kappa shape index (κ3) is 3.07. The Morgan fingerprint density at radius 2 is 1.89 bits per heavy atom. The molecule has 9 heavy (non-hydrogen) atoms. The Kier molecular flexibility index (Phi) is 2.63. The summed E-state index contributed by atoms with van der Waals surface area (Å²) in [6, 6.07) is 0. The van der Waals surface area contributed by atoms with Crippen molar-refractivity contribution in [3.05, 3.63) is 12.8 Å². The molecule has 0 saturated carbocycles. The molecule has 0 radical (unpaired) electrons. The van der Waals surface area contributed by atoms with Crippen LogP contribution in [-0.2, 0) is 0 Å². The highest BCUT2D eigenvalue weighted by Crippen LogP contribution is 2.15. The highest BCUT2D eigenvalue weighted by Gasteiger charge is 2.12. The molecule has 0 spiro atoms. The van der Waals surface area contributed by atoms with Gasteiger partial charge in [-0.2, -0.15) is 0 Å². The molecule has 0 aromatic rings. The summed E-state index contributed by atoms with van der Waals surface area (Å²) >= 11 is 0. The van der Waals surface area contributed by atoms with Crippen molar-refractivity contribution < 1.29 is 0 Å². The van der Waals surface area contributed by atoms with Gasteiger partial charge in [0.1, 0.15) is 0 Å². The van der Waals surface area contributed by atoms with Gasteiger partial charge in [-0.15, -0.1) is 0 Å². The maximum atomic E-state index is 4.08. The topological polar surface area (TPSA) is 12.4 Å². The molecule has 0 atom stereocenters. The number of hydrogen-bond acceptors (Lipinski definition) is 1. The zero-order valence-electron chi connectivity index (χ0n) is 6.73. The quantitative estimate of drug-likeness (QED) is 0.478. The molecule has 0 N–H and O–H groups in total. The average molecular weight is 125 g/mol. The van der Waals surface area contributed by atoms with E-state index in [-0.39, 0.29) is 5.41 Å². The third-order valence-electron chi connectivity index (χ3n) is 1.37. The van der Waals surface area contributed by atoms with Crippen LogP contribution in [0, 0.1) is 5.41 Å². The van der Waals surface area contributed by atoms with Crippen molar-refractivity contribution >= 4 is 5.71 Å². The van der Waals surface area contributed by atoms with Crippen LogP contribution in [0.15, 0.2) is 17.8 Å². The Hall–Kier alpha value is -0.590. The van der Waals surface area contributed by atoms with E-state index in [4.69, 9.17) is 0 Å². The van der Waals surface area contributed by atoms with Crippen LogP contribution < -0.4 is 0 Å². The van der Waals surface area contributed by atoms with Gasteiger partial charge in [0, 0.05) is 11.9 Å². The number of nitrogens with zero attached hydrogens (tertiary/aromatic N) is 1. The molecule has 0 fully saturated rings. The molecule has 0 rings (SSSR count). The number of aliphatic imine (C=N–C) groups is 1. The predicted molar refractivity (Wildman–Crippen MR) is 42.8 cm³/mol. The SMILES string of the molecule is C=C/N=C(\C)C(C)(C)C. The van der Waals surface area contributed by atoms with Crippen LogP contribution in [0.4, 0.5) is 0 Å². The van der Waals surface area contributed by atoms with Gasteiger partial charge in [-0.05, 0) is 12.3 Å². The second-order valence-electron chi connectivity index (χ2n) is 3.15. The maximum Gasteiger partial charge on any atom is 0.0201 e. The molecule has 0 unspecified atom stereocenters. The monoisotopic (exact) mass is 125 g/mol. The summed E-state index contributed by atoms with van der Waals surface area (Å²) in [6.07, 6.45) is 1.58. The van der Waals surface area contributed by atoms with Crippen LogP contribution in [0.5, 0.6) is 0 Å². The fraction of sp³-hybridized carbons (Fsp3) is 0.625. The first-order valence-electron chi connectivity index (χ1n) is 3.14. The van der Waals surface area contributed by atoms with Gasteiger partial charge < -0.3 is 0 Å². The van der Waals surface area contributed by atoms with Crippen molar-refractivity contribution in [1.29, 1.82) is 0 Å². The summed E-state index contributed by atoms with van der Waals surface area (Å²) < 4.78 is 0. The fourth-order valence-electron chi connectivity index (χ4n) is 0.331. The van der Waals surface area contributed by atoms with Gasteiger partial charge in [0.2, 0.25) is 0 Å². The van der Waals surface area contributed by atoms with Gasteiger partial charge >= 0.3 is 0 Å². The third-order valence-corrected chi connectivity index (χ3v) is 1.37. The largest absolute Gasteiger partial charge is 0.266 e. The Morgan fingerprint density at radius 1 is 1.44 bits per heavy atom. The van der Waals surface area contributed by atoms with Crippen LogP contribution in [0.2, 0.25) is 0 Å². The van der Waals surface area contributed by atoms with E-state index in [1.54, 1.807) is 6.20 Å². The minimum atomic E-state index is 0.189. The molecule has 0 aliphatic heterocycles. The standard InChI is InChI=1S/C8H15N/c1-6-9-7(2)8(3,4)5/h6H,1H2,2-5H3/b9-7+. The van der Waals surface area contributed by atoms with Crippen molar-refractivity contribution in [3.63, 3.8) is 0 Å². The minimum absolute atomic E-state index is 0.189. The van der Waals surface area contributed by atoms with Crippen molar-refractivity contribution in [2.45, 2.75) is 27.7 Å². The zero-order valence-corrected chi connectivity index (χ0v) is 6.73. The molecule has 0 aromatic heterocycles. The molecule has 0 amide bonds. The van der Waals surface area contributed by atoms with Gasteiger partial charge in [0.05, 0.1) is 0 Å². The Labute approximate surface area is 57.5 Å². The molecule has 1 nitrogen and oxygen atoms in total. The van der Waals surface area contributed by atoms with Crippen molar-refractivity contribution in [2.24, 2.45) is 10.4 Å². The van der Waals surface area contributed by atoms with Gasteiger partial charge in [0.15, 0.2) is 0 Å². The first-order valence-corrected chi connectivity index (χ1v) is 3.14. The van der Waals surface area contributed by atoms with E-state index in [2.05, 4.69) is 32.3 Å². The average Bonchev–Trinajstić information content (AvgIpc) is 1.64. The molecule has 52 valence electrons. The summed E-state index contributed by atoms with van der Waals surface area (Å²) in [5.74, 6) is 0. The number of rotatable bonds is 1. The van der Waals surface area contributed by atoms with Gasteiger partial charge in [-0.25, -0.2) is 0 Å². The molecular formula is C8H15N. The molecular weight excluding hydrogens is 110 g/mol. The van der Waals surface area contributed by atoms with E-state index in [0.717, 1.165) is 5.71 Å². The predicted octanol–water partition coefficient (Wildman–Crippen LogP) is 2.64. The van der Waals surface area contributed by atoms with E-state index in [0.29, 0.717) is 0 Å². The summed E-state index contributed by atoms with van der Waals surface area (Å²) in [4.78, 5) is 4.08. The highest BCUT2D eigenvalue weighted by atomic mass is 14.7. The maximum absolute atomic E-state index is 4.08. The second kappa shape index (κ2) is 2.81. The zero-order chi connectivity index (χ0) is 7.49. The molecule has 0 aromatic carbocycles. The van der Waals surface area contributed by atoms with Crippen LogP contribution in [0.3, 0.4) is 0 Å². The Bertz CT molecular complexity index is 126. The lowest BCUT2D eigenvalue weighted by Crippen LogP contribution is -2.15. The van der Waals surface area contributed by atoms with E-state index >= 15 is 0 Å². The van der Waals surface area contributed by atoms with Crippen LogP contribution in [0.1, 0.15) is 27.7 Å². The first-order chi connectivity index (χ1) is 3.98. The smallest absolute Gasteiger partial charge is 0.0201 e. The summed E-state index contributed by atoms with van der Waals surface area (Å²) in [5, 5.41) is 0. The lowest BCUT2D eigenvalue weighted by Gasteiger charge is -2.16. The molecule has 0 aliphatic rings. The molecule has 0 heterocycles. The van der Waals surface area contributed by atoms with Crippen LogP contribution in [-0.4, -0.2) is 5.71 Å². The van der Waals surface area contributed by atoms with E-state index in [1.165, 1.54) is 0 Å². The van der Waals surface area contributed by atoms with Crippen molar-refractivity contribution in [2.75, 3.05) is 0 Å². The van der Waals surface area contributed by atoms with E-state index < -0.39 is 0 Å². The second-order valence-corrected chi connectivity index (χ2v) is 3.15. The van der Waals surface area contributed by atoms with Gasteiger partial charge in [-0.3, -0.25) is 4.99 Å². The van der Waals surface area contributed by atoms with Gasteiger partial charge in [-0.1, -0.05) is 27.4 Å². The lowest BCUT2D eigenvalue weighted by atomic mass is 9.91. The lowest BCUT2D eigenvalue weighted by molar-refractivity contribution is 0.588. The first kappa shape index (κ1) is 8.41. The van der Waals surface area contributed by atoms with Crippen LogP contribution >= 0.6 is 0 Å². The molecule has 0 bridgehead atoms. The Balaban J connectivity index is 4.19. The molecule has 0 aliphatic carbocycles. The fourth-order valence-corrected chi connectivity index (χ4v) is 0.331. The van der Waals surface area contributed by atoms with Crippen molar-refractivity contribution in [3.8, 4) is 0 Å². The summed E-state index contributed by atoms with van der Waals surface area (Å²) in [5.41, 5.74) is 1.31. The van der Waals surface area contributed by atoms with E-state index in [1.807, 2.05) is 6.92 Å². The summed E-state index contributed by atoms with van der Waals surface area (Å²) in [6.45, 7) is 11.9. The van der Waals surface area contributed by atoms with Crippen LogP contribution in [0.25, 0.3) is 0 Å². The normalized spacial score (nSPS) is 13.6. The molecule has 1 heteroatoms. The summed E-state index contributed by atoms with van der Waals surface area (Å²) in [7, 11) is 0. The minimum Gasteiger partial charge on any atom is -0.266 e. The van der Waals surface area contributed by atoms with Gasteiger partial charge in [0.25, 0.3) is 0 Å². The highest BCUT2D eigenvalue weighted by molar-refractivity contribution is 5.87. The molecule has 0 saturated heterocycles. The Morgan fingerprint density at radius 3 is 2.00 bits per heavy atom.